The molecule has 2 rings (SSSR count). The Labute approximate surface area is 121 Å². The Morgan fingerprint density at radius 1 is 1.26 bits per heavy atom. The topological polar surface area (TPSA) is 56.8 Å². The molecule has 1 N–H and O–H groups in total. The van der Waals surface area contributed by atoms with Gasteiger partial charge in [0.25, 0.3) is 0 Å². The molecule has 0 saturated carbocycles. The highest BCUT2D eigenvalue weighted by atomic mass is 35.5. The van der Waals surface area contributed by atoms with Crippen molar-refractivity contribution in [2.45, 2.75) is 25.9 Å². The largest absolute Gasteiger partial charge is 0.381 e. The molecule has 0 radical (unpaired) electrons. The van der Waals surface area contributed by atoms with E-state index in [1.54, 1.807) is 0 Å². The standard InChI is InChI=1S/C12H24NO4P.ClH/c1-3-16-18(14,17-4-2)12-8-13-7-11(12)10-5-6-15-9-10;/h10-13H,3-9H2,1-2H3;1H. The summed E-state index contributed by atoms with van der Waals surface area (Å²) in [5, 5.41) is 3.33. The molecule has 114 valence electrons. The Balaban J connectivity index is 0.00000180. The Bertz CT molecular complexity index is 302. The van der Waals surface area contributed by atoms with Gasteiger partial charge in [-0.05, 0) is 38.6 Å². The van der Waals surface area contributed by atoms with Gasteiger partial charge in [-0.1, -0.05) is 0 Å². The van der Waals surface area contributed by atoms with E-state index in [-0.39, 0.29) is 18.1 Å². The lowest BCUT2D eigenvalue weighted by Gasteiger charge is -2.29. The lowest BCUT2D eigenvalue weighted by Crippen LogP contribution is -2.28. The monoisotopic (exact) mass is 313 g/mol. The van der Waals surface area contributed by atoms with Crippen molar-refractivity contribution in [3.8, 4) is 0 Å². The average Bonchev–Trinajstić information content (AvgIpc) is 3.00. The molecule has 0 aromatic heterocycles. The molecular formula is C12H25ClNO4P. The second-order valence-electron chi connectivity index (χ2n) is 4.89. The third-order valence-corrected chi connectivity index (χ3v) is 6.44. The summed E-state index contributed by atoms with van der Waals surface area (Å²) >= 11 is 0. The highest BCUT2D eigenvalue weighted by Crippen LogP contribution is 2.57. The van der Waals surface area contributed by atoms with Gasteiger partial charge in [0.15, 0.2) is 0 Å². The van der Waals surface area contributed by atoms with Gasteiger partial charge in [-0.25, -0.2) is 0 Å². The predicted octanol–water partition coefficient (Wildman–Crippen LogP) is 2.30. The molecule has 7 heteroatoms. The number of hydrogen-bond acceptors (Lipinski definition) is 5. The lowest BCUT2D eigenvalue weighted by atomic mass is 9.91. The van der Waals surface area contributed by atoms with Crippen molar-refractivity contribution in [1.29, 1.82) is 0 Å². The number of ether oxygens (including phenoxy) is 1. The van der Waals surface area contributed by atoms with Crippen LogP contribution >= 0.6 is 20.0 Å². The molecule has 2 heterocycles. The van der Waals surface area contributed by atoms with Crippen LogP contribution in [0, 0.1) is 11.8 Å². The van der Waals surface area contributed by atoms with Crippen LogP contribution in [0.4, 0.5) is 0 Å². The summed E-state index contributed by atoms with van der Waals surface area (Å²) in [6, 6.07) is 0. The first-order chi connectivity index (χ1) is 8.71. The van der Waals surface area contributed by atoms with Crippen molar-refractivity contribution in [3.05, 3.63) is 0 Å². The van der Waals surface area contributed by atoms with Crippen LogP contribution in [0.15, 0.2) is 0 Å². The summed E-state index contributed by atoms with van der Waals surface area (Å²) in [5.41, 5.74) is -0.0240. The molecule has 5 nitrogen and oxygen atoms in total. The molecule has 0 aliphatic carbocycles. The van der Waals surface area contributed by atoms with Crippen LogP contribution in [0.25, 0.3) is 0 Å². The Morgan fingerprint density at radius 3 is 2.47 bits per heavy atom. The van der Waals surface area contributed by atoms with Gasteiger partial charge >= 0.3 is 7.60 Å². The van der Waals surface area contributed by atoms with Crippen molar-refractivity contribution >= 4 is 20.0 Å². The number of halogens is 1. The van der Waals surface area contributed by atoms with Crippen molar-refractivity contribution in [1.82, 2.24) is 5.32 Å². The van der Waals surface area contributed by atoms with Gasteiger partial charge in [-0.2, -0.15) is 0 Å². The van der Waals surface area contributed by atoms with Gasteiger partial charge in [0.2, 0.25) is 0 Å². The normalized spacial score (nSPS) is 31.4. The summed E-state index contributed by atoms with van der Waals surface area (Å²) in [7, 11) is -2.99. The summed E-state index contributed by atoms with van der Waals surface area (Å²) in [6.07, 6.45) is 1.06. The van der Waals surface area contributed by atoms with Gasteiger partial charge in [0.05, 0.1) is 18.9 Å². The van der Waals surface area contributed by atoms with Gasteiger partial charge in [-0.15, -0.1) is 12.4 Å². The second kappa shape index (κ2) is 7.96. The van der Waals surface area contributed by atoms with Crippen LogP contribution in [0.3, 0.4) is 0 Å². The minimum atomic E-state index is -2.99. The highest BCUT2D eigenvalue weighted by Gasteiger charge is 2.47. The molecule has 0 aromatic rings. The van der Waals surface area contributed by atoms with Gasteiger partial charge < -0.3 is 19.1 Å². The van der Waals surface area contributed by atoms with Crippen molar-refractivity contribution in [3.63, 3.8) is 0 Å². The van der Waals surface area contributed by atoms with Crippen LogP contribution in [-0.4, -0.2) is 45.2 Å². The van der Waals surface area contributed by atoms with Crippen molar-refractivity contribution in [2.24, 2.45) is 11.8 Å². The first kappa shape index (κ1) is 17.4. The van der Waals surface area contributed by atoms with Crippen LogP contribution in [-0.2, 0) is 18.3 Å². The maximum Gasteiger partial charge on any atom is 0.335 e. The molecule has 0 spiro atoms. The molecule has 0 aromatic carbocycles. The van der Waals surface area contributed by atoms with E-state index in [4.69, 9.17) is 13.8 Å². The third kappa shape index (κ3) is 3.93. The minimum absolute atomic E-state index is 0. The van der Waals surface area contributed by atoms with E-state index in [1.165, 1.54) is 0 Å². The summed E-state index contributed by atoms with van der Waals surface area (Å²) in [6.45, 7) is 7.80. The molecule has 19 heavy (non-hydrogen) atoms. The zero-order chi connectivity index (χ0) is 13.0. The fourth-order valence-corrected chi connectivity index (χ4v) is 5.34. The molecule has 2 fully saturated rings. The second-order valence-corrected chi connectivity index (χ2v) is 7.15. The van der Waals surface area contributed by atoms with Crippen LogP contribution in [0.5, 0.6) is 0 Å². The van der Waals surface area contributed by atoms with E-state index in [0.717, 1.165) is 32.7 Å². The molecular weight excluding hydrogens is 289 g/mol. The van der Waals surface area contributed by atoms with Gasteiger partial charge in [0.1, 0.15) is 0 Å². The zero-order valence-electron chi connectivity index (χ0n) is 11.7. The molecule has 0 amide bonds. The predicted molar refractivity (Wildman–Crippen MR) is 77.2 cm³/mol. The molecule has 3 atom stereocenters. The molecule has 0 bridgehead atoms. The van der Waals surface area contributed by atoms with Crippen molar-refractivity contribution < 1.29 is 18.3 Å². The zero-order valence-corrected chi connectivity index (χ0v) is 13.4. The molecule has 3 unspecified atom stereocenters. The van der Waals surface area contributed by atoms with Gasteiger partial charge in [0, 0.05) is 19.8 Å². The van der Waals surface area contributed by atoms with Crippen LogP contribution < -0.4 is 5.32 Å². The van der Waals surface area contributed by atoms with Crippen LogP contribution in [0.1, 0.15) is 20.3 Å². The minimum Gasteiger partial charge on any atom is -0.381 e. The summed E-state index contributed by atoms with van der Waals surface area (Å²) in [4.78, 5) is 0. The number of nitrogens with one attached hydrogen (secondary N) is 1. The van der Waals surface area contributed by atoms with E-state index in [9.17, 15) is 4.57 Å². The fourth-order valence-electron chi connectivity index (χ4n) is 2.99. The number of hydrogen-bond donors (Lipinski definition) is 1. The Morgan fingerprint density at radius 2 is 1.95 bits per heavy atom. The average molecular weight is 314 g/mol. The first-order valence-electron chi connectivity index (χ1n) is 6.88. The Kier molecular flexibility index (Phi) is 7.30. The van der Waals surface area contributed by atoms with Crippen molar-refractivity contribution in [2.75, 3.05) is 39.5 Å². The third-order valence-electron chi connectivity index (χ3n) is 3.82. The quantitative estimate of drug-likeness (QED) is 0.763. The van der Waals surface area contributed by atoms with E-state index < -0.39 is 7.60 Å². The van der Waals surface area contributed by atoms with Gasteiger partial charge in [-0.3, -0.25) is 4.57 Å². The summed E-state index contributed by atoms with van der Waals surface area (Å²) in [5.74, 6) is 0.829. The first-order valence-corrected chi connectivity index (χ1v) is 8.49. The molecule has 2 saturated heterocycles. The Hall–Kier alpha value is 0.360. The van der Waals surface area contributed by atoms with Crippen LogP contribution in [0.2, 0.25) is 0 Å². The lowest BCUT2D eigenvalue weighted by molar-refractivity contribution is 0.168. The van der Waals surface area contributed by atoms with E-state index >= 15 is 0 Å². The maximum atomic E-state index is 12.9. The summed E-state index contributed by atoms with van der Waals surface area (Å²) < 4.78 is 29.3. The smallest absolute Gasteiger partial charge is 0.335 e. The number of rotatable bonds is 6. The molecule has 2 aliphatic heterocycles. The van der Waals surface area contributed by atoms with E-state index in [0.29, 0.717) is 25.0 Å². The highest BCUT2D eigenvalue weighted by molar-refractivity contribution is 7.54. The maximum absolute atomic E-state index is 12.9. The molecule has 2 aliphatic rings. The fraction of sp³-hybridized carbons (Fsp3) is 1.00. The van der Waals surface area contributed by atoms with E-state index in [2.05, 4.69) is 5.32 Å². The van der Waals surface area contributed by atoms with E-state index in [1.807, 2.05) is 13.8 Å². The SMILES string of the molecule is CCOP(=O)(OCC)C1CNCC1C1CCOC1.Cl.